The lowest BCUT2D eigenvalue weighted by Crippen LogP contribution is -2.26. The van der Waals surface area contributed by atoms with Gasteiger partial charge >= 0.3 is 5.97 Å². The van der Waals surface area contributed by atoms with Gasteiger partial charge in [-0.15, -0.1) is 6.42 Å². The number of hydrogen-bond acceptors (Lipinski definition) is 7. The Kier molecular flexibility index (Phi) is 27.2. The molecule has 0 aromatic carbocycles. The van der Waals surface area contributed by atoms with Crippen LogP contribution in [0.5, 0.6) is 0 Å². The molecular formula is C32H56O6S. The molecule has 0 fully saturated rings. The van der Waals surface area contributed by atoms with E-state index in [9.17, 15) is 9.59 Å². The molecule has 0 aliphatic heterocycles. The van der Waals surface area contributed by atoms with Gasteiger partial charge in [0.05, 0.1) is 13.2 Å². The van der Waals surface area contributed by atoms with Gasteiger partial charge in [-0.05, 0) is 131 Å². The monoisotopic (exact) mass is 568 g/mol. The largest absolute Gasteiger partial charge is 0.448 e. The number of aliphatic hydroxyl groups is 2. The zero-order chi connectivity index (χ0) is 29.2. The van der Waals surface area contributed by atoms with Crippen LogP contribution in [0.1, 0.15) is 42.4 Å². The lowest BCUT2D eigenvalue weighted by Gasteiger charge is -2.12. The lowest BCUT2D eigenvalue weighted by atomic mass is 10.4. The number of rotatable bonds is 5. The van der Waals surface area contributed by atoms with Crippen molar-refractivity contribution in [3.63, 3.8) is 0 Å². The van der Waals surface area contributed by atoms with Crippen molar-refractivity contribution in [3.8, 4) is 142 Å². The minimum atomic E-state index is -0.909. The Labute approximate surface area is 263 Å². The minimum Gasteiger partial charge on any atom is -0.448 e. The molecule has 0 unspecified atom stereocenters. The summed E-state index contributed by atoms with van der Waals surface area (Å²) in [6, 6.07) is 0. The first-order valence-electron chi connectivity index (χ1n) is 10.1. The first-order valence-corrected chi connectivity index (χ1v) is 10.9. The number of carbonyl (C=O) groups excluding carboxylic acids is 2. The van der Waals surface area contributed by atoms with Crippen molar-refractivity contribution in [1.82, 2.24) is 0 Å². The van der Waals surface area contributed by atoms with Gasteiger partial charge in [-0.3, -0.25) is 4.79 Å². The van der Waals surface area contributed by atoms with Gasteiger partial charge in [0.2, 0.25) is 0 Å². The van der Waals surface area contributed by atoms with Gasteiger partial charge in [-0.25, -0.2) is 4.79 Å². The molecule has 0 saturated carbocycles. The second-order valence-electron chi connectivity index (χ2n) is 5.30. The molecule has 0 bridgehead atoms. The van der Waals surface area contributed by atoms with Crippen molar-refractivity contribution in [2.45, 2.75) is 20.0 Å². The average molecular weight is 569 g/mol. The Morgan fingerprint density at radius 2 is 1.23 bits per heavy atom. The van der Waals surface area contributed by atoms with Gasteiger partial charge in [-0.2, -0.15) is 0 Å². The van der Waals surface area contributed by atoms with E-state index in [1.807, 2.05) is 0 Å². The maximum Gasteiger partial charge on any atom is 0.385 e. The fourth-order valence-corrected chi connectivity index (χ4v) is 1.51. The van der Waals surface area contributed by atoms with E-state index in [1.165, 1.54) is 6.92 Å². The highest BCUT2D eigenvalue weighted by atomic mass is 32.2. The lowest BCUT2D eigenvalue weighted by molar-refractivity contribution is -0.150. The number of thioether (sulfide) groups is 1. The molecule has 1 atom stereocenters. The van der Waals surface area contributed by atoms with Crippen LogP contribution in [-0.4, -0.2) is 47.4 Å². The number of aliphatic hydroxyl groups excluding tert-OH is 2. The van der Waals surface area contributed by atoms with Crippen LogP contribution in [0.3, 0.4) is 0 Å². The van der Waals surface area contributed by atoms with Crippen molar-refractivity contribution in [2.75, 3.05) is 20.0 Å². The summed E-state index contributed by atoms with van der Waals surface area (Å²) in [5, 5.41) is 19.8. The van der Waals surface area contributed by atoms with Gasteiger partial charge < -0.3 is 19.7 Å². The zero-order valence-corrected chi connectivity index (χ0v) is 21.5. The van der Waals surface area contributed by atoms with Crippen LogP contribution >= 0.6 is 11.8 Å². The predicted octanol–water partition coefficient (Wildman–Crippen LogP) is 4.69. The van der Waals surface area contributed by atoms with Crippen LogP contribution < -0.4 is 0 Å². The SMILES string of the molecule is C#CC#CC#CC#CC#CC#CC#CC(=O)O[C@H](CO)COCO.CC#CC#CC#CC#CC#CSC(C)=O.[HH].[HH].[HH].[HH].[HH].[HH].[HH].[HH].[HH].[HH].[HH].[HH].[HH].[HH].[HH].[HH].[HH].[HH].[HH].[HH]. The topological polar surface area (TPSA) is 93.1 Å². The molecule has 0 aromatic rings. The van der Waals surface area contributed by atoms with E-state index in [0.717, 1.165) is 11.8 Å². The molecule has 0 spiro atoms. The first-order chi connectivity index (χ1) is 19.0. The number of ether oxygens (including phenoxy) is 2. The summed E-state index contributed by atoms with van der Waals surface area (Å²) in [7, 11) is 0. The number of terminal acetylenes is 1. The summed E-state index contributed by atoms with van der Waals surface area (Å²) in [5.41, 5.74) is 0. The van der Waals surface area contributed by atoms with E-state index >= 15 is 0 Å². The van der Waals surface area contributed by atoms with E-state index in [4.69, 9.17) is 21.4 Å². The maximum absolute atomic E-state index is 11.3. The molecule has 0 saturated heterocycles. The van der Waals surface area contributed by atoms with E-state index in [-0.39, 0.29) is 40.3 Å². The predicted molar refractivity (Wildman–Crippen MR) is 191 cm³/mol. The number of esters is 1. The van der Waals surface area contributed by atoms with Crippen LogP contribution in [-0.2, 0) is 19.1 Å². The summed E-state index contributed by atoms with van der Waals surface area (Å²) in [6.07, 6.45) is 3.98. The molecule has 0 heterocycles. The summed E-state index contributed by atoms with van der Waals surface area (Å²) in [4.78, 5) is 21.7. The fraction of sp³-hybridized carbons (Fsp3) is 0.188. The second kappa shape index (κ2) is 30.1. The van der Waals surface area contributed by atoms with E-state index < -0.39 is 25.5 Å². The highest BCUT2D eigenvalue weighted by Gasteiger charge is 2.11. The van der Waals surface area contributed by atoms with Crippen molar-refractivity contribution >= 4 is 22.8 Å². The minimum absolute atomic E-state index is 0. The zero-order valence-electron chi connectivity index (χ0n) is 20.7. The number of hydrogen-bond donors (Lipinski definition) is 2. The van der Waals surface area contributed by atoms with Crippen LogP contribution in [0.25, 0.3) is 0 Å². The van der Waals surface area contributed by atoms with Crippen molar-refractivity contribution in [2.24, 2.45) is 0 Å². The van der Waals surface area contributed by atoms with E-state index in [1.54, 1.807) is 6.92 Å². The molecule has 0 rings (SSSR count). The Bertz CT molecular complexity index is 1670. The summed E-state index contributed by atoms with van der Waals surface area (Å²) < 4.78 is 9.33. The molecular weight excluding hydrogens is 512 g/mol. The van der Waals surface area contributed by atoms with Gasteiger partial charge in [0.1, 0.15) is 12.9 Å². The van der Waals surface area contributed by atoms with E-state index in [2.05, 4.69) is 140 Å². The smallest absolute Gasteiger partial charge is 0.385 e. The molecule has 0 aromatic heterocycles. The normalized spacial score (nSPS) is 6.85. The van der Waals surface area contributed by atoms with Crippen molar-refractivity contribution < 1.29 is 57.8 Å². The molecule has 39 heavy (non-hydrogen) atoms. The third kappa shape index (κ3) is 32.1. The molecule has 0 radical (unpaired) electrons. The molecule has 0 aliphatic rings. The Balaban J connectivity index is -0.0000000180. The Morgan fingerprint density at radius 1 is 0.769 bits per heavy atom. The van der Waals surface area contributed by atoms with Crippen molar-refractivity contribution in [3.05, 3.63) is 0 Å². The molecule has 226 valence electrons. The van der Waals surface area contributed by atoms with Crippen LogP contribution in [0.4, 0.5) is 0 Å². The van der Waals surface area contributed by atoms with Crippen LogP contribution in [0.15, 0.2) is 0 Å². The third-order valence-electron chi connectivity index (χ3n) is 2.54. The van der Waals surface area contributed by atoms with Gasteiger partial charge in [0.25, 0.3) is 0 Å². The average Bonchev–Trinajstić information content (AvgIpc) is 2.92. The third-order valence-corrected chi connectivity index (χ3v) is 3.03. The fourth-order valence-electron chi connectivity index (χ4n) is 1.26. The van der Waals surface area contributed by atoms with Gasteiger partial charge in [-0.1, -0.05) is 5.92 Å². The number of carbonyl (C=O) groups is 2. The summed E-state index contributed by atoms with van der Waals surface area (Å²) in [6.45, 7) is 1.99. The van der Waals surface area contributed by atoms with Crippen LogP contribution in [0, 0.1) is 142 Å². The molecule has 2 N–H and O–H groups in total. The van der Waals surface area contributed by atoms with Gasteiger partial charge in [0.15, 0.2) is 5.12 Å². The maximum atomic E-state index is 11.3. The summed E-state index contributed by atoms with van der Waals surface area (Å²) in [5.74, 6) is 51.8. The quantitative estimate of drug-likeness (QED) is 0.215. The molecule has 6 nitrogen and oxygen atoms in total. The van der Waals surface area contributed by atoms with Crippen LogP contribution in [0.2, 0.25) is 0 Å². The summed E-state index contributed by atoms with van der Waals surface area (Å²) >= 11 is 0.909. The Morgan fingerprint density at radius 3 is 1.67 bits per heavy atom. The molecule has 0 aliphatic carbocycles. The van der Waals surface area contributed by atoms with Gasteiger partial charge in [0, 0.05) is 53.1 Å². The van der Waals surface area contributed by atoms with E-state index in [0.29, 0.717) is 0 Å². The Hall–Kier alpha value is -5.91. The van der Waals surface area contributed by atoms with Crippen molar-refractivity contribution in [1.29, 1.82) is 0 Å². The highest BCUT2D eigenvalue weighted by Crippen LogP contribution is 1.95. The first kappa shape index (κ1) is 35.3. The molecule has 7 heteroatoms. The highest BCUT2D eigenvalue weighted by molar-refractivity contribution is 8.17. The standard InChI is InChI=1S/C19H10O5.C13H6OS.20H2/c1-2-3-4-5-6-7-8-9-10-11-12-13-14-19(22)24-18(15-20)16-23-17-21;1-3-4-5-6-7-8-9-10-11-12-15-13(2)14;;;;;;;;;;;;;;;;;;;;/h1,18,20-21H,15-17H2;1-2H3;20*1H/t18-;;;;;;;;;;;;;;;;;;;;;/m1...................../s1. The second-order valence-corrected chi connectivity index (χ2v) is 6.28. The molecule has 0 amide bonds.